The number of rotatable bonds is 8. The average molecular weight is 367 g/mol. The number of amides is 1. The molecule has 0 saturated heterocycles. The van der Waals surface area contributed by atoms with Gasteiger partial charge < -0.3 is 15.0 Å². The molecule has 2 aromatic carbocycles. The third-order valence-electron chi connectivity index (χ3n) is 5.19. The Labute approximate surface area is 162 Å². The van der Waals surface area contributed by atoms with E-state index in [9.17, 15) is 4.79 Å². The number of hydrogen-bond donors (Lipinski definition) is 1. The minimum atomic E-state index is -0.481. The highest BCUT2D eigenvalue weighted by Crippen LogP contribution is 2.30. The van der Waals surface area contributed by atoms with E-state index < -0.39 is 6.10 Å². The van der Waals surface area contributed by atoms with Gasteiger partial charge in [0.05, 0.1) is 0 Å². The molecule has 144 valence electrons. The van der Waals surface area contributed by atoms with Crippen molar-refractivity contribution in [2.75, 3.05) is 25.0 Å². The van der Waals surface area contributed by atoms with E-state index in [4.69, 9.17) is 4.74 Å². The van der Waals surface area contributed by atoms with E-state index in [0.29, 0.717) is 6.54 Å². The molecule has 1 aliphatic carbocycles. The maximum absolute atomic E-state index is 12.4. The fraction of sp³-hybridized carbons (Fsp3) is 0.435. The first-order valence-electron chi connectivity index (χ1n) is 9.96. The lowest BCUT2D eigenvalue weighted by atomic mass is 9.91. The minimum Gasteiger partial charge on any atom is -0.481 e. The summed E-state index contributed by atoms with van der Waals surface area (Å²) >= 11 is 0. The number of carbonyl (C=O) groups is 1. The zero-order chi connectivity index (χ0) is 19.1. The zero-order valence-corrected chi connectivity index (χ0v) is 16.4. The van der Waals surface area contributed by atoms with Gasteiger partial charge in [0, 0.05) is 25.8 Å². The predicted molar refractivity (Wildman–Crippen MR) is 111 cm³/mol. The van der Waals surface area contributed by atoms with E-state index in [0.717, 1.165) is 31.6 Å². The lowest BCUT2D eigenvalue weighted by Crippen LogP contribution is -2.38. The van der Waals surface area contributed by atoms with Crippen LogP contribution in [0.25, 0.3) is 0 Å². The highest BCUT2D eigenvalue weighted by Gasteiger charge is 2.19. The number of benzene rings is 2. The van der Waals surface area contributed by atoms with Crippen molar-refractivity contribution in [1.29, 1.82) is 0 Å². The Morgan fingerprint density at radius 3 is 2.70 bits per heavy atom. The molecule has 1 atom stereocenters. The Morgan fingerprint density at radius 1 is 1.11 bits per heavy atom. The third kappa shape index (κ3) is 5.25. The van der Waals surface area contributed by atoms with Gasteiger partial charge in [0.1, 0.15) is 5.75 Å². The van der Waals surface area contributed by atoms with Gasteiger partial charge in [-0.25, -0.2) is 0 Å². The van der Waals surface area contributed by atoms with Crippen molar-refractivity contribution in [3.05, 3.63) is 59.7 Å². The molecule has 4 nitrogen and oxygen atoms in total. The number of ether oxygens (including phenoxy) is 1. The summed E-state index contributed by atoms with van der Waals surface area (Å²) in [5.41, 5.74) is 3.84. The van der Waals surface area contributed by atoms with E-state index in [2.05, 4.69) is 35.5 Å². The van der Waals surface area contributed by atoms with Crippen LogP contribution in [0.3, 0.4) is 0 Å². The first-order chi connectivity index (χ1) is 13.1. The SMILES string of the molecule is C[C@H](Oc1cccc2c1CCCC2)C(=O)NCCCN(C)c1ccccc1. The molecule has 0 spiro atoms. The van der Waals surface area contributed by atoms with E-state index in [1.54, 1.807) is 0 Å². The number of nitrogens with one attached hydrogen (secondary N) is 1. The number of carbonyl (C=O) groups excluding carboxylic acids is 1. The average Bonchev–Trinajstić information content (AvgIpc) is 2.71. The van der Waals surface area contributed by atoms with Crippen LogP contribution in [0.1, 0.15) is 37.3 Å². The maximum Gasteiger partial charge on any atom is 0.260 e. The molecule has 0 fully saturated rings. The molecule has 0 aliphatic heterocycles. The Morgan fingerprint density at radius 2 is 1.89 bits per heavy atom. The second-order valence-corrected chi connectivity index (χ2v) is 7.26. The van der Waals surface area contributed by atoms with Crippen molar-refractivity contribution < 1.29 is 9.53 Å². The molecule has 0 heterocycles. The highest BCUT2D eigenvalue weighted by atomic mass is 16.5. The molecule has 0 saturated carbocycles. The summed E-state index contributed by atoms with van der Waals surface area (Å²) in [5.74, 6) is 0.824. The molecule has 4 heteroatoms. The normalized spacial score (nSPS) is 14.1. The number of hydrogen-bond acceptors (Lipinski definition) is 3. The Hall–Kier alpha value is -2.49. The van der Waals surface area contributed by atoms with E-state index in [1.165, 1.54) is 29.7 Å². The van der Waals surface area contributed by atoms with Crippen LogP contribution < -0.4 is 15.0 Å². The van der Waals surface area contributed by atoms with Crippen molar-refractivity contribution in [3.8, 4) is 5.75 Å². The summed E-state index contributed by atoms with van der Waals surface area (Å²) in [6, 6.07) is 16.5. The zero-order valence-electron chi connectivity index (χ0n) is 16.4. The Bertz CT molecular complexity index is 745. The summed E-state index contributed by atoms with van der Waals surface area (Å²) in [6.07, 6.45) is 5.01. The molecule has 1 N–H and O–H groups in total. The summed E-state index contributed by atoms with van der Waals surface area (Å²) in [4.78, 5) is 14.6. The second kappa shape index (κ2) is 9.45. The number of aryl methyl sites for hydroxylation is 1. The first kappa shape index (κ1) is 19.3. The van der Waals surface area contributed by atoms with Crippen LogP contribution in [-0.4, -0.2) is 32.1 Å². The molecular weight excluding hydrogens is 336 g/mol. The van der Waals surface area contributed by atoms with Gasteiger partial charge in [0.25, 0.3) is 5.91 Å². The standard InChI is InChI=1S/C23H30N2O2/c1-18(27-22-15-8-11-19-10-6-7-14-21(19)22)23(26)24-16-9-17-25(2)20-12-4-3-5-13-20/h3-5,8,11-13,15,18H,6-7,9-10,14,16-17H2,1-2H3,(H,24,26)/t18-/m0/s1. The molecule has 3 rings (SSSR count). The molecule has 0 unspecified atom stereocenters. The monoisotopic (exact) mass is 366 g/mol. The first-order valence-corrected chi connectivity index (χ1v) is 9.96. The second-order valence-electron chi connectivity index (χ2n) is 7.26. The number of fused-ring (bicyclic) bond motifs is 1. The lowest BCUT2D eigenvalue weighted by Gasteiger charge is -2.22. The van der Waals surface area contributed by atoms with Gasteiger partial charge in [0.2, 0.25) is 0 Å². The van der Waals surface area contributed by atoms with Crippen LogP contribution in [0.5, 0.6) is 5.75 Å². The number of nitrogens with zero attached hydrogens (tertiary/aromatic N) is 1. The number of anilines is 1. The van der Waals surface area contributed by atoms with Gasteiger partial charge in [-0.15, -0.1) is 0 Å². The largest absolute Gasteiger partial charge is 0.481 e. The van der Waals surface area contributed by atoms with Crippen molar-refractivity contribution in [3.63, 3.8) is 0 Å². The van der Waals surface area contributed by atoms with Crippen molar-refractivity contribution in [2.45, 2.75) is 45.1 Å². The van der Waals surface area contributed by atoms with Crippen molar-refractivity contribution in [2.24, 2.45) is 0 Å². The van der Waals surface area contributed by atoms with Crippen LogP contribution in [0.15, 0.2) is 48.5 Å². The van der Waals surface area contributed by atoms with Gasteiger partial charge in [-0.1, -0.05) is 30.3 Å². The van der Waals surface area contributed by atoms with Crippen molar-refractivity contribution >= 4 is 11.6 Å². The quantitative estimate of drug-likeness (QED) is 0.719. The lowest BCUT2D eigenvalue weighted by molar-refractivity contribution is -0.127. The molecule has 1 aliphatic rings. The van der Waals surface area contributed by atoms with Gasteiger partial charge in [-0.05, 0) is 68.4 Å². The molecule has 27 heavy (non-hydrogen) atoms. The summed E-state index contributed by atoms with van der Waals surface area (Å²) in [5, 5.41) is 3.00. The van der Waals surface area contributed by atoms with Gasteiger partial charge in [0.15, 0.2) is 6.10 Å². The van der Waals surface area contributed by atoms with Gasteiger partial charge in [-0.2, -0.15) is 0 Å². The molecular formula is C23H30N2O2. The van der Waals surface area contributed by atoms with Crippen molar-refractivity contribution in [1.82, 2.24) is 5.32 Å². The summed E-state index contributed by atoms with van der Waals surface area (Å²) in [7, 11) is 2.07. The molecule has 0 radical (unpaired) electrons. The van der Waals surface area contributed by atoms with Gasteiger partial charge >= 0.3 is 0 Å². The van der Waals surface area contributed by atoms with Crippen LogP contribution >= 0.6 is 0 Å². The Balaban J connectivity index is 1.43. The van der Waals surface area contributed by atoms with E-state index >= 15 is 0 Å². The van der Waals surface area contributed by atoms with Crippen LogP contribution in [0.2, 0.25) is 0 Å². The Kier molecular flexibility index (Phi) is 6.74. The molecule has 0 aromatic heterocycles. The smallest absolute Gasteiger partial charge is 0.260 e. The summed E-state index contributed by atoms with van der Waals surface area (Å²) < 4.78 is 6.00. The van der Waals surface area contributed by atoms with Gasteiger partial charge in [-0.3, -0.25) is 4.79 Å². The van der Waals surface area contributed by atoms with E-state index in [1.807, 2.05) is 37.3 Å². The predicted octanol–water partition coefficient (Wildman–Crippen LogP) is 3.98. The molecule has 2 aromatic rings. The van der Waals surface area contributed by atoms with Crippen LogP contribution in [0, 0.1) is 0 Å². The van der Waals surface area contributed by atoms with E-state index in [-0.39, 0.29) is 5.91 Å². The fourth-order valence-corrected chi connectivity index (χ4v) is 3.58. The fourth-order valence-electron chi connectivity index (χ4n) is 3.58. The van der Waals surface area contributed by atoms with Crippen LogP contribution in [-0.2, 0) is 17.6 Å². The highest BCUT2D eigenvalue weighted by molar-refractivity contribution is 5.80. The molecule has 0 bridgehead atoms. The minimum absolute atomic E-state index is 0.0502. The topological polar surface area (TPSA) is 41.6 Å². The van der Waals surface area contributed by atoms with Crippen LogP contribution in [0.4, 0.5) is 5.69 Å². The maximum atomic E-state index is 12.4. The summed E-state index contributed by atoms with van der Waals surface area (Å²) in [6.45, 7) is 3.37. The molecule has 1 amide bonds. The third-order valence-corrected chi connectivity index (χ3v) is 5.19. The number of para-hydroxylation sites is 1.